The number of carbonyl (C=O) groups is 3. The molecule has 3 N–H and O–H groups in total. The molecule has 1 aromatic rings. The summed E-state index contributed by atoms with van der Waals surface area (Å²) in [5.74, 6) is -0.752. The molecule has 3 rings (SSSR count). The number of unbranched alkanes of at least 4 members (excludes halogenated alkanes) is 1. The average molecular weight is 352 g/mol. The van der Waals surface area contributed by atoms with Gasteiger partial charge in [-0.1, -0.05) is 12.1 Å². The van der Waals surface area contributed by atoms with Gasteiger partial charge in [0.05, 0.1) is 0 Å². The Labute approximate surface area is 147 Å². The molecule has 2 heterocycles. The zero-order chi connectivity index (χ0) is 16.4. The van der Waals surface area contributed by atoms with Crippen LogP contribution in [0.5, 0.6) is 0 Å². The number of halogens is 1. The van der Waals surface area contributed by atoms with Crippen LogP contribution in [0.1, 0.15) is 47.2 Å². The maximum atomic E-state index is 12.6. The van der Waals surface area contributed by atoms with E-state index in [0.717, 1.165) is 30.4 Å². The lowest BCUT2D eigenvalue weighted by atomic mass is 10.0. The number of nitrogens with one attached hydrogen (secondary N) is 1. The lowest BCUT2D eigenvalue weighted by Crippen LogP contribution is -2.52. The van der Waals surface area contributed by atoms with Gasteiger partial charge in [0.1, 0.15) is 6.04 Å². The van der Waals surface area contributed by atoms with Crippen molar-refractivity contribution in [3.05, 3.63) is 34.9 Å². The second-order valence-corrected chi connectivity index (χ2v) is 6.14. The topological polar surface area (TPSA) is 92.5 Å². The maximum absolute atomic E-state index is 12.6. The monoisotopic (exact) mass is 351 g/mol. The van der Waals surface area contributed by atoms with E-state index in [1.165, 1.54) is 0 Å². The van der Waals surface area contributed by atoms with Crippen molar-refractivity contribution in [3.63, 3.8) is 0 Å². The Morgan fingerprint density at radius 1 is 1.21 bits per heavy atom. The Morgan fingerprint density at radius 3 is 2.71 bits per heavy atom. The van der Waals surface area contributed by atoms with E-state index in [4.69, 9.17) is 5.73 Å². The summed E-state index contributed by atoms with van der Waals surface area (Å²) in [6.45, 7) is 1.11. The number of rotatable bonds is 5. The molecule has 1 aromatic carbocycles. The van der Waals surface area contributed by atoms with Gasteiger partial charge in [-0.2, -0.15) is 0 Å². The number of hydrogen-bond acceptors (Lipinski definition) is 4. The maximum Gasteiger partial charge on any atom is 0.255 e. The van der Waals surface area contributed by atoms with Gasteiger partial charge in [0.25, 0.3) is 5.91 Å². The highest BCUT2D eigenvalue weighted by Crippen LogP contribution is 2.28. The first kappa shape index (κ1) is 18.4. The van der Waals surface area contributed by atoms with Gasteiger partial charge < -0.3 is 10.6 Å². The predicted molar refractivity (Wildman–Crippen MR) is 91.7 cm³/mol. The largest absolute Gasteiger partial charge is 0.330 e. The van der Waals surface area contributed by atoms with Gasteiger partial charge in [-0.05, 0) is 49.4 Å². The van der Waals surface area contributed by atoms with Gasteiger partial charge in [0.2, 0.25) is 11.8 Å². The van der Waals surface area contributed by atoms with Gasteiger partial charge >= 0.3 is 0 Å². The van der Waals surface area contributed by atoms with Gasteiger partial charge in [-0.25, -0.2) is 0 Å². The highest BCUT2D eigenvalue weighted by molar-refractivity contribution is 6.05. The van der Waals surface area contributed by atoms with Crippen molar-refractivity contribution in [2.24, 2.45) is 5.73 Å². The van der Waals surface area contributed by atoms with Crippen LogP contribution in [-0.2, 0) is 22.6 Å². The van der Waals surface area contributed by atoms with Crippen molar-refractivity contribution in [1.82, 2.24) is 10.2 Å². The zero-order valence-electron chi connectivity index (χ0n) is 13.4. The van der Waals surface area contributed by atoms with E-state index < -0.39 is 6.04 Å². The predicted octanol–water partition coefficient (Wildman–Crippen LogP) is 1.15. The molecule has 2 aliphatic heterocycles. The molecule has 3 amide bonds. The van der Waals surface area contributed by atoms with Crippen LogP contribution >= 0.6 is 12.4 Å². The molecule has 1 fully saturated rings. The highest BCUT2D eigenvalue weighted by Gasteiger charge is 2.38. The van der Waals surface area contributed by atoms with Gasteiger partial charge in [0.15, 0.2) is 0 Å². The summed E-state index contributed by atoms with van der Waals surface area (Å²) in [6, 6.07) is 5.39. The Hall–Kier alpha value is -1.92. The fraction of sp³-hybridized carbons (Fsp3) is 0.471. The number of imide groups is 1. The van der Waals surface area contributed by atoms with Gasteiger partial charge in [-0.3, -0.25) is 19.7 Å². The van der Waals surface area contributed by atoms with Gasteiger partial charge in [-0.15, -0.1) is 12.4 Å². The van der Waals surface area contributed by atoms with Crippen molar-refractivity contribution < 1.29 is 14.4 Å². The molecule has 0 spiro atoms. The minimum Gasteiger partial charge on any atom is -0.330 e. The zero-order valence-corrected chi connectivity index (χ0v) is 14.2. The third-order valence-electron chi connectivity index (χ3n) is 4.51. The first-order chi connectivity index (χ1) is 11.1. The third-order valence-corrected chi connectivity index (χ3v) is 4.51. The Kier molecular flexibility index (Phi) is 5.96. The second-order valence-electron chi connectivity index (χ2n) is 6.14. The number of carbonyl (C=O) groups excluding carboxylic acids is 3. The Bertz CT molecular complexity index is 662. The normalized spacial score (nSPS) is 19.8. The number of hydrogen-bond donors (Lipinski definition) is 2. The fourth-order valence-corrected chi connectivity index (χ4v) is 3.23. The number of nitrogens with zero attached hydrogens (tertiary/aromatic N) is 1. The molecule has 6 nitrogen and oxygen atoms in total. The van der Waals surface area contributed by atoms with E-state index in [2.05, 4.69) is 5.32 Å². The molecule has 24 heavy (non-hydrogen) atoms. The average Bonchev–Trinajstić information content (AvgIpc) is 2.84. The summed E-state index contributed by atoms with van der Waals surface area (Å²) < 4.78 is 0. The van der Waals surface area contributed by atoms with Crippen LogP contribution in [0.3, 0.4) is 0 Å². The molecular formula is C17H22ClN3O3. The first-order valence-corrected chi connectivity index (χ1v) is 8.06. The summed E-state index contributed by atoms with van der Waals surface area (Å²) in [5.41, 5.74) is 8.25. The van der Waals surface area contributed by atoms with Crippen molar-refractivity contribution in [1.29, 1.82) is 0 Å². The molecule has 1 saturated heterocycles. The summed E-state index contributed by atoms with van der Waals surface area (Å²) in [6.07, 6.45) is 3.54. The van der Waals surface area contributed by atoms with Crippen LogP contribution in [0, 0.1) is 0 Å². The first-order valence-electron chi connectivity index (χ1n) is 8.06. The van der Waals surface area contributed by atoms with Crippen molar-refractivity contribution >= 4 is 30.1 Å². The van der Waals surface area contributed by atoms with E-state index >= 15 is 0 Å². The summed E-state index contributed by atoms with van der Waals surface area (Å²) in [4.78, 5) is 37.5. The van der Waals surface area contributed by atoms with Crippen LogP contribution in [0.2, 0.25) is 0 Å². The SMILES string of the molecule is Cl.NCCCCc1ccc2c(c1)C(=O)N(C1CCC(=O)NC1=O)C2. The van der Waals surface area contributed by atoms with E-state index in [-0.39, 0.29) is 36.5 Å². The molecule has 0 saturated carbocycles. The smallest absolute Gasteiger partial charge is 0.255 e. The van der Waals surface area contributed by atoms with E-state index in [1.54, 1.807) is 4.90 Å². The number of piperidine rings is 1. The van der Waals surface area contributed by atoms with Crippen LogP contribution in [0.4, 0.5) is 0 Å². The number of benzene rings is 1. The minimum absolute atomic E-state index is 0. The summed E-state index contributed by atoms with van der Waals surface area (Å²) in [7, 11) is 0. The molecule has 1 unspecified atom stereocenters. The van der Waals surface area contributed by atoms with Crippen LogP contribution < -0.4 is 11.1 Å². The standard InChI is InChI=1S/C17H21N3O3.ClH/c18-8-2-1-3-11-4-5-12-10-20(17(23)13(12)9-11)14-6-7-15(21)19-16(14)22;/h4-5,9,14H,1-3,6-8,10,18H2,(H,19,21,22);1H. The van der Waals surface area contributed by atoms with E-state index in [9.17, 15) is 14.4 Å². The van der Waals surface area contributed by atoms with Gasteiger partial charge in [0, 0.05) is 18.5 Å². The third kappa shape index (κ3) is 3.60. The second kappa shape index (κ2) is 7.77. The molecule has 0 aliphatic carbocycles. The number of aryl methyl sites for hydroxylation is 1. The fourth-order valence-electron chi connectivity index (χ4n) is 3.23. The number of fused-ring (bicyclic) bond motifs is 1. The molecule has 0 aromatic heterocycles. The summed E-state index contributed by atoms with van der Waals surface area (Å²) >= 11 is 0. The number of nitrogens with two attached hydrogens (primary N) is 1. The lowest BCUT2D eigenvalue weighted by molar-refractivity contribution is -0.136. The highest BCUT2D eigenvalue weighted by atomic mass is 35.5. The molecular weight excluding hydrogens is 330 g/mol. The molecule has 0 bridgehead atoms. The van der Waals surface area contributed by atoms with Crippen molar-refractivity contribution in [2.45, 2.75) is 44.7 Å². The Morgan fingerprint density at radius 2 is 2.00 bits per heavy atom. The number of amides is 3. The van der Waals surface area contributed by atoms with E-state index in [0.29, 0.717) is 25.1 Å². The molecule has 0 radical (unpaired) electrons. The van der Waals surface area contributed by atoms with Crippen molar-refractivity contribution in [3.8, 4) is 0 Å². The molecule has 130 valence electrons. The van der Waals surface area contributed by atoms with Crippen LogP contribution in [0.15, 0.2) is 18.2 Å². The Balaban J connectivity index is 0.00000208. The lowest BCUT2D eigenvalue weighted by Gasteiger charge is -2.29. The minimum atomic E-state index is -0.548. The van der Waals surface area contributed by atoms with Crippen LogP contribution in [0.25, 0.3) is 0 Å². The quantitative estimate of drug-likeness (QED) is 0.615. The van der Waals surface area contributed by atoms with E-state index in [1.807, 2.05) is 18.2 Å². The summed E-state index contributed by atoms with van der Waals surface area (Å²) in [5, 5.41) is 2.32. The van der Waals surface area contributed by atoms with Crippen LogP contribution in [-0.4, -0.2) is 35.2 Å². The molecule has 7 heteroatoms. The molecule has 2 aliphatic rings. The van der Waals surface area contributed by atoms with Crippen molar-refractivity contribution in [2.75, 3.05) is 6.54 Å². The molecule has 1 atom stereocenters.